The van der Waals surface area contributed by atoms with E-state index in [0.717, 1.165) is 5.52 Å². The number of rotatable bonds is 7. The number of anilines is 1. The number of ether oxygens (including phenoxy) is 3. The molecule has 0 spiro atoms. The fourth-order valence-corrected chi connectivity index (χ4v) is 3.47. The summed E-state index contributed by atoms with van der Waals surface area (Å²) in [6.45, 7) is 0.0653. The minimum atomic E-state index is -0.359. The fourth-order valence-electron chi connectivity index (χ4n) is 3.14. The lowest BCUT2D eigenvalue weighted by molar-refractivity contribution is 0.102. The summed E-state index contributed by atoms with van der Waals surface area (Å²) in [5.74, 6) is 1.12. The van der Waals surface area contributed by atoms with Gasteiger partial charge in [0.1, 0.15) is 18.2 Å². The topological polar surface area (TPSA) is 85.5 Å². The molecule has 32 heavy (non-hydrogen) atoms. The molecule has 2 N–H and O–H groups in total. The van der Waals surface area contributed by atoms with Crippen molar-refractivity contribution in [3.05, 3.63) is 76.0 Å². The zero-order valence-electron chi connectivity index (χ0n) is 17.2. The maximum atomic E-state index is 14.0. The van der Waals surface area contributed by atoms with E-state index in [4.69, 9.17) is 14.2 Å². The molecule has 4 rings (SSSR count). The lowest BCUT2D eigenvalue weighted by Crippen LogP contribution is -2.12. The van der Waals surface area contributed by atoms with Crippen LogP contribution in [0.2, 0.25) is 0 Å². The summed E-state index contributed by atoms with van der Waals surface area (Å²) in [6.07, 6.45) is 0. The fraction of sp³-hybridized carbons (Fsp3) is 0.130. The number of fused-ring (bicyclic) bond motifs is 1. The largest absolute Gasteiger partial charge is 0.493 e. The third-order valence-electron chi connectivity index (χ3n) is 4.82. The number of hydrogen-bond donors (Lipinski definition) is 2. The van der Waals surface area contributed by atoms with Crippen molar-refractivity contribution in [1.29, 1.82) is 0 Å². The molecule has 0 saturated heterocycles. The molecule has 1 aromatic heterocycles. The van der Waals surface area contributed by atoms with E-state index in [0.29, 0.717) is 44.1 Å². The van der Waals surface area contributed by atoms with Gasteiger partial charge in [0.25, 0.3) is 5.91 Å². The Morgan fingerprint density at radius 2 is 1.88 bits per heavy atom. The SMILES string of the molecule is COc1ccc(C(=O)Nc2n[nH]c3ccc(OCc4ccc(Br)cc4F)cc23)cc1OC. The summed E-state index contributed by atoms with van der Waals surface area (Å²) < 4.78 is 30.9. The van der Waals surface area contributed by atoms with Crippen molar-refractivity contribution in [3.8, 4) is 17.2 Å². The normalized spacial score (nSPS) is 10.8. The van der Waals surface area contributed by atoms with Crippen LogP contribution in [-0.4, -0.2) is 30.3 Å². The smallest absolute Gasteiger partial charge is 0.257 e. The molecule has 7 nitrogen and oxygen atoms in total. The van der Waals surface area contributed by atoms with E-state index in [9.17, 15) is 9.18 Å². The Kier molecular flexibility index (Phi) is 6.27. The van der Waals surface area contributed by atoms with Gasteiger partial charge in [0.15, 0.2) is 17.3 Å². The Labute approximate surface area is 191 Å². The van der Waals surface area contributed by atoms with Crippen molar-refractivity contribution in [2.45, 2.75) is 6.61 Å². The molecule has 0 bridgehead atoms. The molecule has 0 unspecified atom stereocenters. The van der Waals surface area contributed by atoms with Gasteiger partial charge in [-0.3, -0.25) is 9.89 Å². The number of aromatic nitrogens is 2. The summed E-state index contributed by atoms with van der Waals surface area (Å²) in [5, 5.41) is 10.5. The highest BCUT2D eigenvalue weighted by Gasteiger charge is 2.15. The van der Waals surface area contributed by atoms with Crippen LogP contribution in [0.5, 0.6) is 17.2 Å². The number of methoxy groups -OCH3 is 2. The van der Waals surface area contributed by atoms with Gasteiger partial charge in [-0.2, -0.15) is 5.10 Å². The molecule has 9 heteroatoms. The molecule has 1 heterocycles. The number of amides is 1. The van der Waals surface area contributed by atoms with E-state index < -0.39 is 0 Å². The molecule has 0 radical (unpaired) electrons. The van der Waals surface area contributed by atoms with Crippen LogP contribution in [0.15, 0.2) is 59.1 Å². The second-order valence-corrected chi connectivity index (χ2v) is 7.74. The summed E-state index contributed by atoms with van der Waals surface area (Å²) in [4.78, 5) is 12.7. The maximum Gasteiger partial charge on any atom is 0.257 e. The van der Waals surface area contributed by atoms with Crippen LogP contribution in [0.4, 0.5) is 10.2 Å². The van der Waals surface area contributed by atoms with E-state index in [1.54, 1.807) is 48.5 Å². The number of H-pyrrole nitrogens is 1. The average Bonchev–Trinajstić information content (AvgIpc) is 3.19. The standard InChI is InChI=1S/C23H19BrFN3O4/c1-30-20-8-4-13(9-21(20)31-2)23(29)26-22-17-11-16(6-7-19(17)27-28-22)32-12-14-3-5-15(24)10-18(14)25/h3-11H,12H2,1-2H3,(H2,26,27,28,29). The summed E-state index contributed by atoms with van der Waals surface area (Å²) in [7, 11) is 3.03. The molecular formula is C23H19BrFN3O4. The van der Waals surface area contributed by atoms with E-state index in [1.807, 2.05) is 0 Å². The molecular weight excluding hydrogens is 481 g/mol. The third-order valence-corrected chi connectivity index (χ3v) is 5.31. The number of halogens is 2. The number of hydrogen-bond acceptors (Lipinski definition) is 5. The Morgan fingerprint density at radius 1 is 1.06 bits per heavy atom. The highest BCUT2D eigenvalue weighted by molar-refractivity contribution is 9.10. The first-order valence-corrected chi connectivity index (χ1v) is 10.4. The first kappa shape index (κ1) is 21.6. The predicted molar refractivity (Wildman–Crippen MR) is 122 cm³/mol. The van der Waals surface area contributed by atoms with Crippen LogP contribution in [-0.2, 0) is 6.61 Å². The van der Waals surface area contributed by atoms with Gasteiger partial charge in [0.05, 0.1) is 19.7 Å². The molecule has 0 aliphatic carbocycles. The number of nitrogens with zero attached hydrogens (tertiary/aromatic N) is 1. The number of carbonyl (C=O) groups excluding carboxylic acids is 1. The number of benzene rings is 3. The average molecular weight is 500 g/mol. The van der Waals surface area contributed by atoms with Gasteiger partial charge in [0, 0.05) is 21.0 Å². The second-order valence-electron chi connectivity index (χ2n) is 6.83. The van der Waals surface area contributed by atoms with Gasteiger partial charge in [-0.25, -0.2) is 4.39 Å². The predicted octanol–water partition coefficient (Wildman–Crippen LogP) is 5.31. The molecule has 4 aromatic rings. The monoisotopic (exact) mass is 499 g/mol. The quantitative estimate of drug-likeness (QED) is 0.359. The van der Waals surface area contributed by atoms with Crippen LogP contribution < -0.4 is 19.5 Å². The summed E-state index contributed by atoms with van der Waals surface area (Å²) in [5.41, 5.74) is 1.54. The van der Waals surface area contributed by atoms with Crippen molar-refractivity contribution < 1.29 is 23.4 Å². The molecule has 3 aromatic carbocycles. The molecule has 0 saturated carbocycles. The lowest BCUT2D eigenvalue weighted by Gasteiger charge is -2.10. The van der Waals surface area contributed by atoms with E-state index >= 15 is 0 Å². The Bertz CT molecular complexity index is 1290. The molecule has 0 aliphatic heterocycles. The summed E-state index contributed by atoms with van der Waals surface area (Å²) >= 11 is 3.24. The van der Waals surface area contributed by atoms with E-state index in [2.05, 4.69) is 31.4 Å². The van der Waals surface area contributed by atoms with Gasteiger partial charge >= 0.3 is 0 Å². The number of carbonyl (C=O) groups is 1. The van der Waals surface area contributed by atoms with Crippen LogP contribution >= 0.6 is 15.9 Å². The van der Waals surface area contributed by atoms with Gasteiger partial charge in [0.2, 0.25) is 0 Å². The zero-order chi connectivity index (χ0) is 22.7. The van der Waals surface area contributed by atoms with Crippen LogP contribution in [0, 0.1) is 5.82 Å². The van der Waals surface area contributed by atoms with E-state index in [1.165, 1.54) is 20.3 Å². The molecule has 0 fully saturated rings. The van der Waals surface area contributed by atoms with E-state index in [-0.39, 0.29) is 18.3 Å². The van der Waals surface area contributed by atoms with Crippen molar-refractivity contribution in [2.75, 3.05) is 19.5 Å². The molecule has 0 aliphatic rings. The van der Waals surface area contributed by atoms with Crippen molar-refractivity contribution in [1.82, 2.24) is 10.2 Å². The van der Waals surface area contributed by atoms with Gasteiger partial charge in [-0.05, 0) is 48.5 Å². The van der Waals surface area contributed by atoms with Gasteiger partial charge < -0.3 is 19.5 Å². The van der Waals surface area contributed by atoms with Crippen LogP contribution in [0.25, 0.3) is 10.9 Å². The highest BCUT2D eigenvalue weighted by Crippen LogP contribution is 2.29. The third kappa shape index (κ3) is 4.52. The minimum Gasteiger partial charge on any atom is -0.493 e. The lowest BCUT2D eigenvalue weighted by atomic mass is 10.1. The number of aromatic amines is 1. The van der Waals surface area contributed by atoms with Crippen LogP contribution in [0.3, 0.4) is 0 Å². The Hall–Kier alpha value is -3.59. The number of nitrogens with one attached hydrogen (secondary N) is 2. The van der Waals surface area contributed by atoms with Gasteiger partial charge in [-0.1, -0.05) is 22.0 Å². The first-order chi connectivity index (χ1) is 15.5. The highest BCUT2D eigenvalue weighted by atomic mass is 79.9. The molecule has 164 valence electrons. The van der Waals surface area contributed by atoms with Crippen molar-refractivity contribution in [2.24, 2.45) is 0 Å². The van der Waals surface area contributed by atoms with Gasteiger partial charge in [-0.15, -0.1) is 0 Å². The zero-order valence-corrected chi connectivity index (χ0v) is 18.8. The second kappa shape index (κ2) is 9.27. The first-order valence-electron chi connectivity index (χ1n) is 9.56. The maximum absolute atomic E-state index is 14.0. The van der Waals surface area contributed by atoms with Crippen LogP contribution in [0.1, 0.15) is 15.9 Å². The molecule has 0 atom stereocenters. The Morgan fingerprint density at radius 3 is 2.62 bits per heavy atom. The Balaban J connectivity index is 1.53. The minimum absolute atomic E-state index is 0.0653. The van der Waals surface area contributed by atoms with Crippen molar-refractivity contribution in [3.63, 3.8) is 0 Å². The summed E-state index contributed by atoms with van der Waals surface area (Å²) in [6, 6.07) is 14.9. The van der Waals surface area contributed by atoms with Crippen molar-refractivity contribution >= 4 is 38.6 Å². The molecule has 1 amide bonds.